The van der Waals surface area contributed by atoms with Crippen molar-refractivity contribution in [2.24, 2.45) is 0 Å². The van der Waals surface area contributed by atoms with Crippen molar-refractivity contribution >= 4 is 27.8 Å². The summed E-state index contributed by atoms with van der Waals surface area (Å²) in [4.78, 5) is 4.74. The smallest absolute Gasteiger partial charge is 0.218 e. The molecule has 0 atom stereocenters. The van der Waals surface area contributed by atoms with Gasteiger partial charge in [0.15, 0.2) is 0 Å². The van der Waals surface area contributed by atoms with Crippen molar-refractivity contribution in [3.05, 3.63) is 72.6 Å². The lowest BCUT2D eigenvalue weighted by Crippen LogP contribution is -2.46. The molecule has 0 aliphatic carbocycles. The number of rotatable bonds is 8. The van der Waals surface area contributed by atoms with Crippen LogP contribution in [0.1, 0.15) is 5.69 Å². The van der Waals surface area contributed by atoms with Gasteiger partial charge in [-0.05, 0) is 36.4 Å². The Morgan fingerprint density at radius 2 is 1.62 bits per heavy atom. The minimum Gasteiger partial charge on any atom is -0.497 e. The highest BCUT2D eigenvalue weighted by Crippen LogP contribution is 2.30. The summed E-state index contributed by atoms with van der Waals surface area (Å²) >= 11 is 1.62. The van der Waals surface area contributed by atoms with E-state index < -0.39 is 0 Å². The molecule has 8 nitrogen and oxygen atoms in total. The average Bonchev–Trinajstić information content (AvgIpc) is 3.58. The van der Waals surface area contributed by atoms with Crippen LogP contribution >= 0.6 is 11.3 Å². The number of anilines is 3. The highest BCUT2D eigenvalue weighted by molar-refractivity contribution is 7.17. The molecule has 1 saturated heterocycles. The maximum Gasteiger partial charge on any atom is 0.218 e. The van der Waals surface area contributed by atoms with Crippen LogP contribution in [-0.2, 0) is 6.54 Å². The topological polar surface area (TPSA) is 67.7 Å². The largest absolute Gasteiger partial charge is 0.497 e. The fourth-order valence-electron chi connectivity index (χ4n) is 4.11. The number of hydrogen-bond donors (Lipinski definition) is 1. The zero-order chi connectivity index (χ0) is 23.3. The van der Waals surface area contributed by atoms with Crippen molar-refractivity contribution in [2.45, 2.75) is 6.54 Å². The molecule has 1 N–H and O–H groups in total. The van der Waals surface area contributed by atoms with Crippen LogP contribution in [-0.4, -0.2) is 55.2 Å². The summed E-state index contributed by atoms with van der Waals surface area (Å²) in [7, 11) is 3.30. The third-order valence-corrected chi connectivity index (χ3v) is 6.97. The van der Waals surface area contributed by atoms with Crippen LogP contribution < -0.4 is 24.6 Å². The molecule has 2 aromatic carbocycles. The molecule has 0 radical (unpaired) electrons. The van der Waals surface area contributed by atoms with Gasteiger partial charge in [-0.3, -0.25) is 4.57 Å². The number of nitrogens with one attached hydrogen (secondary N) is 1. The lowest BCUT2D eigenvalue weighted by molar-refractivity contribution is 0.395. The number of benzene rings is 2. The average molecular weight is 477 g/mol. The van der Waals surface area contributed by atoms with E-state index in [4.69, 9.17) is 9.47 Å². The SMILES string of the molecule is COc1ccc(NCc2cccn2-c2nnc(N3CCN(c4ccccc4)CC3)s2)c(OC)c1. The maximum absolute atomic E-state index is 5.50. The molecule has 0 saturated carbocycles. The summed E-state index contributed by atoms with van der Waals surface area (Å²) in [5, 5.41) is 14.3. The number of ether oxygens (including phenoxy) is 2. The van der Waals surface area contributed by atoms with Crippen molar-refractivity contribution in [3.8, 4) is 16.6 Å². The first kappa shape index (κ1) is 22.1. The predicted molar refractivity (Wildman–Crippen MR) is 137 cm³/mol. The third-order valence-electron chi connectivity index (χ3n) is 5.98. The van der Waals surface area contributed by atoms with Crippen LogP contribution in [0, 0.1) is 0 Å². The Morgan fingerprint density at radius 1 is 0.853 bits per heavy atom. The fraction of sp³-hybridized carbons (Fsp3) is 0.280. The third kappa shape index (κ3) is 4.65. The molecular formula is C25H28N6O2S. The van der Waals surface area contributed by atoms with Gasteiger partial charge in [0.2, 0.25) is 10.3 Å². The lowest BCUT2D eigenvalue weighted by atomic mass is 10.2. The van der Waals surface area contributed by atoms with Crippen LogP contribution in [0.4, 0.5) is 16.5 Å². The van der Waals surface area contributed by atoms with E-state index in [9.17, 15) is 0 Å². The Bertz CT molecular complexity index is 1220. The van der Waals surface area contributed by atoms with Crippen LogP contribution in [0.15, 0.2) is 66.9 Å². The van der Waals surface area contributed by atoms with Crippen molar-refractivity contribution in [2.75, 3.05) is 55.5 Å². The quantitative estimate of drug-likeness (QED) is 0.407. The molecule has 3 heterocycles. The Morgan fingerprint density at radius 3 is 2.38 bits per heavy atom. The number of methoxy groups -OCH3 is 2. The normalized spacial score (nSPS) is 13.7. The van der Waals surface area contributed by atoms with Crippen molar-refractivity contribution < 1.29 is 9.47 Å². The molecule has 0 amide bonds. The number of nitrogens with zero attached hydrogens (tertiary/aromatic N) is 5. The molecule has 9 heteroatoms. The number of hydrogen-bond acceptors (Lipinski definition) is 8. The number of para-hydroxylation sites is 1. The molecule has 1 aliphatic rings. The standard InChI is InChI=1S/C25H28N6O2S/c1-32-21-10-11-22(23(17-21)33-2)26-18-20-9-6-12-31(20)25-28-27-24(34-25)30-15-13-29(14-16-30)19-7-4-3-5-8-19/h3-12,17,26H,13-16,18H2,1-2H3. The molecule has 1 fully saturated rings. The Hall–Kier alpha value is -3.72. The number of piperazine rings is 1. The second kappa shape index (κ2) is 10.0. The van der Waals surface area contributed by atoms with Gasteiger partial charge >= 0.3 is 0 Å². The molecule has 1 aliphatic heterocycles. The molecular weight excluding hydrogens is 448 g/mol. The van der Waals surface area contributed by atoms with E-state index in [-0.39, 0.29) is 0 Å². The molecule has 0 bridgehead atoms. The first-order chi connectivity index (χ1) is 16.7. The van der Waals surface area contributed by atoms with Crippen LogP contribution in [0.5, 0.6) is 11.5 Å². The summed E-state index contributed by atoms with van der Waals surface area (Å²) in [6.07, 6.45) is 2.03. The van der Waals surface area contributed by atoms with E-state index in [0.717, 1.165) is 59.3 Å². The van der Waals surface area contributed by atoms with Gasteiger partial charge in [-0.15, -0.1) is 10.2 Å². The Kier molecular flexibility index (Phi) is 6.53. The van der Waals surface area contributed by atoms with E-state index in [1.54, 1.807) is 25.6 Å². The highest BCUT2D eigenvalue weighted by Gasteiger charge is 2.21. The predicted octanol–water partition coefficient (Wildman–Crippen LogP) is 4.28. The van der Waals surface area contributed by atoms with Crippen LogP contribution in [0.3, 0.4) is 0 Å². The summed E-state index contributed by atoms with van der Waals surface area (Å²) in [5.74, 6) is 1.50. The van der Waals surface area contributed by atoms with Gasteiger partial charge in [0.1, 0.15) is 11.5 Å². The summed E-state index contributed by atoms with van der Waals surface area (Å²) in [6.45, 7) is 4.44. The van der Waals surface area contributed by atoms with Crippen LogP contribution in [0.25, 0.3) is 5.13 Å². The molecule has 5 rings (SSSR count). The van der Waals surface area contributed by atoms with E-state index in [0.29, 0.717) is 6.54 Å². The van der Waals surface area contributed by atoms with Crippen molar-refractivity contribution in [3.63, 3.8) is 0 Å². The Balaban J connectivity index is 1.24. The summed E-state index contributed by atoms with van der Waals surface area (Å²) in [5.41, 5.74) is 3.28. The van der Waals surface area contributed by atoms with Gasteiger partial charge in [0.05, 0.1) is 26.5 Å². The van der Waals surface area contributed by atoms with Gasteiger partial charge in [-0.25, -0.2) is 0 Å². The first-order valence-electron chi connectivity index (χ1n) is 11.3. The van der Waals surface area contributed by atoms with Crippen LogP contribution in [0.2, 0.25) is 0 Å². The second-order valence-corrected chi connectivity index (χ2v) is 8.90. The molecule has 176 valence electrons. The van der Waals surface area contributed by atoms with Gasteiger partial charge in [0, 0.05) is 49.8 Å². The minimum atomic E-state index is 0.625. The van der Waals surface area contributed by atoms with E-state index >= 15 is 0 Å². The van der Waals surface area contributed by atoms with Crippen molar-refractivity contribution in [1.29, 1.82) is 0 Å². The molecule has 0 unspecified atom stereocenters. The molecule has 34 heavy (non-hydrogen) atoms. The van der Waals surface area contributed by atoms with E-state index in [1.807, 2.05) is 30.5 Å². The molecule has 2 aromatic heterocycles. The van der Waals surface area contributed by atoms with Gasteiger partial charge in [-0.2, -0.15) is 0 Å². The zero-order valence-corrected chi connectivity index (χ0v) is 20.2. The Labute approximate surface area is 203 Å². The lowest BCUT2D eigenvalue weighted by Gasteiger charge is -2.35. The maximum atomic E-state index is 5.50. The van der Waals surface area contributed by atoms with E-state index in [1.165, 1.54) is 5.69 Å². The highest BCUT2D eigenvalue weighted by atomic mass is 32.1. The number of aromatic nitrogens is 3. The zero-order valence-electron chi connectivity index (χ0n) is 19.3. The molecule has 4 aromatic rings. The minimum absolute atomic E-state index is 0.625. The van der Waals surface area contributed by atoms with Gasteiger partial charge < -0.3 is 24.6 Å². The summed E-state index contributed by atoms with van der Waals surface area (Å²) in [6, 6.07) is 20.4. The molecule has 0 spiro atoms. The summed E-state index contributed by atoms with van der Waals surface area (Å²) < 4.78 is 12.9. The van der Waals surface area contributed by atoms with Crippen molar-refractivity contribution in [1.82, 2.24) is 14.8 Å². The fourth-order valence-corrected chi connectivity index (χ4v) is 5.02. The second-order valence-electron chi connectivity index (χ2n) is 7.97. The first-order valence-corrected chi connectivity index (χ1v) is 12.1. The van der Waals surface area contributed by atoms with Gasteiger partial charge in [-0.1, -0.05) is 29.5 Å². The van der Waals surface area contributed by atoms with E-state index in [2.05, 4.69) is 66.3 Å². The van der Waals surface area contributed by atoms with Gasteiger partial charge in [0.25, 0.3) is 0 Å². The monoisotopic (exact) mass is 476 g/mol.